The molecule has 0 fully saturated rings. The van der Waals surface area contributed by atoms with Gasteiger partial charge in [-0.25, -0.2) is 4.98 Å². The molecule has 1 heterocycles. The summed E-state index contributed by atoms with van der Waals surface area (Å²) in [5.74, 6) is 0.247. The van der Waals surface area contributed by atoms with Gasteiger partial charge in [-0.05, 0) is 49.4 Å². The Hall–Kier alpha value is -3.10. The Bertz CT molecular complexity index is 1070. The van der Waals surface area contributed by atoms with Crippen molar-refractivity contribution in [1.29, 1.82) is 0 Å². The molecular formula is C22H21ClN2O5S. The summed E-state index contributed by atoms with van der Waals surface area (Å²) in [6.07, 6.45) is -0.991. The monoisotopic (exact) mass is 460 g/mol. The number of halogens is 1. The predicted molar refractivity (Wildman–Crippen MR) is 120 cm³/mol. The number of benzene rings is 2. The summed E-state index contributed by atoms with van der Waals surface area (Å²) in [6, 6.07) is 12.1. The van der Waals surface area contributed by atoms with Crippen molar-refractivity contribution in [3.63, 3.8) is 0 Å². The molecule has 2 aromatic carbocycles. The normalized spacial score (nSPS) is 11.5. The third-order valence-corrected chi connectivity index (χ3v) is 5.49. The number of aromatic nitrogens is 1. The lowest BCUT2D eigenvalue weighted by atomic mass is 10.2. The van der Waals surface area contributed by atoms with Crippen molar-refractivity contribution in [1.82, 2.24) is 4.98 Å². The van der Waals surface area contributed by atoms with E-state index in [2.05, 4.69) is 10.3 Å². The van der Waals surface area contributed by atoms with Crippen molar-refractivity contribution in [2.75, 3.05) is 19.5 Å². The molecule has 0 aliphatic heterocycles. The maximum absolute atomic E-state index is 12.3. The van der Waals surface area contributed by atoms with Gasteiger partial charge in [-0.1, -0.05) is 11.6 Å². The highest BCUT2D eigenvalue weighted by molar-refractivity contribution is 7.13. The van der Waals surface area contributed by atoms with Gasteiger partial charge in [0.15, 0.2) is 17.6 Å². The summed E-state index contributed by atoms with van der Waals surface area (Å²) in [5, 5.41) is 5.75. The fourth-order valence-electron chi connectivity index (χ4n) is 2.71. The highest BCUT2D eigenvalue weighted by Crippen LogP contribution is 2.33. The molecule has 3 aromatic rings. The Morgan fingerprint density at radius 3 is 2.48 bits per heavy atom. The zero-order chi connectivity index (χ0) is 22.4. The van der Waals surface area contributed by atoms with E-state index in [1.807, 2.05) is 12.1 Å². The number of nitrogens with zero attached hydrogens (tertiary/aromatic N) is 1. The second kappa shape index (κ2) is 10.3. The molecule has 0 spiro atoms. The molecule has 0 aliphatic rings. The summed E-state index contributed by atoms with van der Waals surface area (Å²) in [7, 11) is 3.14. The minimum Gasteiger partial charge on any atom is -0.493 e. The Morgan fingerprint density at radius 2 is 1.81 bits per heavy atom. The van der Waals surface area contributed by atoms with Gasteiger partial charge in [0, 0.05) is 21.7 Å². The number of anilines is 1. The van der Waals surface area contributed by atoms with Crippen LogP contribution >= 0.6 is 22.9 Å². The molecule has 1 amide bonds. The van der Waals surface area contributed by atoms with Crippen molar-refractivity contribution in [3.05, 3.63) is 58.6 Å². The molecular weight excluding hydrogens is 440 g/mol. The summed E-state index contributed by atoms with van der Waals surface area (Å²) in [4.78, 5) is 29.0. The van der Waals surface area contributed by atoms with Crippen LogP contribution in [0.5, 0.6) is 11.5 Å². The average Bonchev–Trinajstić information content (AvgIpc) is 3.22. The van der Waals surface area contributed by atoms with Crippen LogP contribution < -0.4 is 14.8 Å². The molecule has 0 saturated carbocycles. The van der Waals surface area contributed by atoms with Gasteiger partial charge >= 0.3 is 5.97 Å². The van der Waals surface area contributed by atoms with Crippen LogP contribution in [0.3, 0.4) is 0 Å². The molecule has 3 rings (SSSR count). The van der Waals surface area contributed by atoms with Gasteiger partial charge in [0.2, 0.25) is 0 Å². The number of carbonyl (C=O) groups is 2. The number of nitrogens with one attached hydrogen (secondary N) is 1. The van der Waals surface area contributed by atoms with Crippen LogP contribution in [0, 0.1) is 0 Å². The van der Waals surface area contributed by atoms with E-state index in [0.717, 1.165) is 10.6 Å². The van der Waals surface area contributed by atoms with E-state index in [4.69, 9.17) is 25.8 Å². The van der Waals surface area contributed by atoms with Crippen molar-refractivity contribution in [2.45, 2.75) is 19.4 Å². The van der Waals surface area contributed by atoms with Crippen LogP contribution in [-0.2, 0) is 20.7 Å². The van der Waals surface area contributed by atoms with Crippen LogP contribution in [0.4, 0.5) is 5.69 Å². The van der Waals surface area contributed by atoms with E-state index < -0.39 is 18.0 Å². The first kappa shape index (κ1) is 22.6. The van der Waals surface area contributed by atoms with Gasteiger partial charge in [-0.3, -0.25) is 9.59 Å². The standard InChI is InChI=1S/C22H21ClN2O5S/c1-13(21(27)24-16-7-5-15(23)6-8-16)30-20(26)11-17-12-31-22(25-17)14-4-9-18(28-2)19(10-14)29-3/h4-10,12-13H,11H2,1-3H3,(H,24,27). The van der Waals surface area contributed by atoms with Gasteiger partial charge in [-0.2, -0.15) is 0 Å². The third-order valence-electron chi connectivity index (χ3n) is 4.30. The van der Waals surface area contributed by atoms with Crippen LogP contribution in [-0.4, -0.2) is 37.2 Å². The first-order valence-electron chi connectivity index (χ1n) is 9.32. The molecule has 162 valence electrons. The number of esters is 1. The number of rotatable bonds is 8. The molecule has 0 aliphatic carbocycles. The second-order valence-corrected chi connectivity index (χ2v) is 7.81. The maximum Gasteiger partial charge on any atom is 0.312 e. The fourth-order valence-corrected chi connectivity index (χ4v) is 3.65. The lowest BCUT2D eigenvalue weighted by Crippen LogP contribution is -2.30. The summed E-state index contributed by atoms with van der Waals surface area (Å²) in [5.41, 5.74) is 1.97. The molecule has 1 atom stereocenters. The number of amides is 1. The van der Waals surface area contributed by atoms with Crippen molar-refractivity contribution in [3.8, 4) is 22.1 Å². The van der Waals surface area contributed by atoms with E-state index in [1.165, 1.54) is 18.3 Å². The van der Waals surface area contributed by atoms with Gasteiger partial charge in [0.25, 0.3) is 5.91 Å². The van der Waals surface area contributed by atoms with E-state index in [-0.39, 0.29) is 6.42 Å². The molecule has 0 bridgehead atoms. The quantitative estimate of drug-likeness (QED) is 0.494. The number of methoxy groups -OCH3 is 2. The zero-order valence-corrected chi connectivity index (χ0v) is 18.8. The van der Waals surface area contributed by atoms with Crippen LogP contribution in [0.25, 0.3) is 10.6 Å². The largest absolute Gasteiger partial charge is 0.493 e. The lowest BCUT2D eigenvalue weighted by Gasteiger charge is -2.13. The SMILES string of the molecule is COc1ccc(-c2nc(CC(=O)OC(C)C(=O)Nc3ccc(Cl)cc3)cs2)cc1OC. The Balaban J connectivity index is 1.58. The van der Waals surface area contributed by atoms with Crippen LogP contribution in [0.1, 0.15) is 12.6 Å². The van der Waals surface area contributed by atoms with Crippen molar-refractivity contribution < 1.29 is 23.8 Å². The predicted octanol–water partition coefficient (Wildman–Crippen LogP) is 4.59. The Labute approximate surface area is 188 Å². The summed E-state index contributed by atoms with van der Waals surface area (Å²) in [6.45, 7) is 1.51. The fraction of sp³-hybridized carbons (Fsp3) is 0.227. The van der Waals surface area contributed by atoms with E-state index >= 15 is 0 Å². The molecule has 0 saturated heterocycles. The van der Waals surface area contributed by atoms with E-state index in [0.29, 0.717) is 27.9 Å². The molecule has 1 unspecified atom stereocenters. The maximum atomic E-state index is 12.3. The van der Waals surface area contributed by atoms with Gasteiger partial charge in [0.1, 0.15) is 5.01 Å². The molecule has 7 nitrogen and oxygen atoms in total. The van der Waals surface area contributed by atoms with Gasteiger partial charge in [-0.15, -0.1) is 11.3 Å². The third kappa shape index (κ3) is 5.96. The summed E-state index contributed by atoms with van der Waals surface area (Å²) >= 11 is 7.23. The second-order valence-electron chi connectivity index (χ2n) is 6.52. The minimum absolute atomic E-state index is 0.0393. The van der Waals surface area contributed by atoms with Crippen molar-refractivity contribution in [2.24, 2.45) is 0 Å². The van der Waals surface area contributed by atoms with Crippen LogP contribution in [0.2, 0.25) is 5.02 Å². The Morgan fingerprint density at radius 1 is 1.10 bits per heavy atom. The number of ether oxygens (including phenoxy) is 3. The number of hydrogen-bond donors (Lipinski definition) is 1. The molecule has 9 heteroatoms. The smallest absolute Gasteiger partial charge is 0.312 e. The number of thiazole rings is 1. The first-order valence-corrected chi connectivity index (χ1v) is 10.6. The van der Waals surface area contributed by atoms with E-state index in [1.54, 1.807) is 49.9 Å². The summed E-state index contributed by atoms with van der Waals surface area (Å²) < 4.78 is 15.8. The van der Waals surface area contributed by atoms with E-state index in [9.17, 15) is 9.59 Å². The average molecular weight is 461 g/mol. The molecule has 1 N–H and O–H groups in total. The topological polar surface area (TPSA) is 86.8 Å². The van der Waals surface area contributed by atoms with Gasteiger partial charge in [0.05, 0.1) is 26.3 Å². The lowest BCUT2D eigenvalue weighted by molar-refractivity contribution is -0.152. The zero-order valence-electron chi connectivity index (χ0n) is 17.2. The molecule has 1 aromatic heterocycles. The highest BCUT2D eigenvalue weighted by atomic mass is 35.5. The molecule has 0 radical (unpaired) electrons. The minimum atomic E-state index is -0.952. The number of hydrogen-bond acceptors (Lipinski definition) is 7. The van der Waals surface area contributed by atoms with Crippen LogP contribution in [0.15, 0.2) is 47.8 Å². The number of carbonyl (C=O) groups excluding carboxylic acids is 2. The Kier molecular flexibility index (Phi) is 7.49. The molecule has 31 heavy (non-hydrogen) atoms. The van der Waals surface area contributed by atoms with Crippen molar-refractivity contribution >= 4 is 40.5 Å². The first-order chi connectivity index (χ1) is 14.9. The van der Waals surface area contributed by atoms with Gasteiger partial charge < -0.3 is 19.5 Å². The highest BCUT2D eigenvalue weighted by Gasteiger charge is 2.19.